The molecule has 0 amide bonds. The van der Waals surface area contributed by atoms with Crippen LogP contribution in [0.3, 0.4) is 0 Å². The SMILES string of the molecule is CCc1cc2ncnc(Nc3cc(Cl)ccc3CCCNCc3c(OC)cc(OCCOCc4ccc(C)cc4)cc3OC)c2cc1O. The van der Waals surface area contributed by atoms with Crippen molar-refractivity contribution in [3.8, 4) is 23.0 Å². The molecule has 5 aromatic rings. The van der Waals surface area contributed by atoms with Crippen molar-refractivity contribution in [1.29, 1.82) is 0 Å². The monoisotopic (exact) mass is 670 g/mol. The number of nitrogens with zero attached hydrogens (tertiary/aromatic N) is 2. The Balaban J connectivity index is 1.15. The molecule has 0 aliphatic heterocycles. The van der Waals surface area contributed by atoms with Crippen molar-refractivity contribution in [2.24, 2.45) is 0 Å². The highest BCUT2D eigenvalue weighted by Gasteiger charge is 2.15. The molecular weight excluding hydrogens is 628 g/mol. The molecule has 0 spiro atoms. The van der Waals surface area contributed by atoms with Gasteiger partial charge in [-0.15, -0.1) is 0 Å². The third-order valence-electron chi connectivity index (χ3n) is 8.11. The van der Waals surface area contributed by atoms with Crippen molar-refractivity contribution < 1.29 is 24.1 Å². The molecule has 9 nitrogen and oxygen atoms in total. The topological polar surface area (TPSA) is 107 Å². The first-order valence-corrected chi connectivity index (χ1v) is 16.5. The van der Waals surface area contributed by atoms with E-state index in [1.54, 1.807) is 20.3 Å². The first kappa shape index (κ1) is 34.8. The molecule has 0 aliphatic carbocycles. The number of phenols is 1. The molecule has 5 rings (SSSR count). The average Bonchev–Trinajstić information content (AvgIpc) is 3.09. The van der Waals surface area contributed by atoms with Crippen LogP contribution in [0.5, 0.6) is 23.0 Å². The lowest BCUT2D eigenvalue weighted by molar-refractivity contribution is 0.0887. The van der Waals surface area contributed by atoms with Crippen molar-refractivity contribution in [3.05, 3.63) is 106 Å². The number of phenolic OH excluding ortho intramolecular Hbond substituents is 1. The summed E-state index contributed by atoms with van der Waals surface area (Å²) < 4.78 is 23.1. The predicted octanol–water partition coefficient (Wildman–Crippen LogP) is 7.94. The Kier molecular flexibility index (Phi) is 12.3. The van der Waals surface area contributed by atoms with Gasteiger partial charge < -0.3 is 34.7 Å². The second-order valence-corrected chi connectivity index (χ2v) is 11.9. The Morgan fingerprint density at radius 1 is 0.875 bits per heavy atom. The molecule has 252 valence electrons. The lowest BCUT2D eigenvalue weighted by Crippen LogP contribution is -2.17. The summed E-state index contributed by atoms with van der Waals surface area (Å²) in [5.41, 5.74) is 6.85. The van der Waals surface area contributed by atoms with Gasteiger partial charge in [-0.05, 0) is 73.7 Å². The average molecular weight is 671 g/mol. The largest absolute Gasteiger partial charge is 0.508 e. The molecule has 0 saturated heterocycles. The van der Waals surface area contributed by atoms with Crippen LogP contribution in [-0.2, 0) is 30.7 Å². The van der Waals surface area contributed by atoms with Crippen LogP contribution in [-0.4, -0.2) is 49.1 Å². The van der Waals surface area contributed by atoms with Gasteiger partial charge in [0.2, 0.25) is 0 Å². The minimum atomic E-state index is 0.231. The normalized spacial score (nSPS) is 11.1. The zero-order chi connectivity index (χ0) is 33.9. The van der Waals surface area contributed by atoms with Crippen LogP contribution in [0.15, 0.2) is 73.1 Å². The minimum Gasteiger partial charge on any atom is -0.508 e. The fraction of sp³-hybridized carbons (Fsp3) is 0.316. The van der Waals surface area contributed by atoms with E-state index in [0.717, 1.165) is 58.2 Å². The van der Waals surface area contributed by atoms with E-state index in [9.17, 15) is 5.11 Å². The zero-order valence-corrected chi connectivity index (χ0v) is 28.7. The molecule has 1 aromatic heterocycles. The number of hydrogen-bond acceptors (Lipinski definition) is 9. The number of halogens is 1. The summed E-state index contributed by atoms with van der Waals surface area (Å²) in [6, 6.07) is 21.5. The van der Waals surface area contributed by atoms with Crippen LogP contribution >= 0.6 is 11.6 Å². The molecule has 4 aromatic carbocycles. The number of rotatable bonds is 17. The molecule has 0 aliphatic rings. The molecule has 0 fully saturated rings. The molecule has 0 radical (unpaired) electrons. The van der Waals surface area contributed by atoms with Crippen LogP contribution in [0.2, 0.25) is 5.02 Å². The van der Waals surface area contributed by atoms with E-state index in [4.69, 9.17) is 30.5 Å². The minimum absolute atomic E-state index is 0.231. The molecule has 3 N–H and O–H groups in total. The van der Waals surface area contributed by atoms with Gasteiger partial charge >= 0.3 is 0 Å². The van der Waals surface area contributed by atoms with Crippen LogP contribution in [0.25, 0.3) is 10.9 Å². The van der Waals surface area contributed by atoms with Crippen LogP contribution in [0.4, 0.5) is 11.5 Å². The van der Waals surface area contributed by atoms with E-state index in [1.165, 1.54) is 11.9 Å². The van der Waals surface area contributed by atoms with E-state index < -0.39 is 0 Å². The van der Waals surface area contributed by atoms with Crippen molar-refractivity contribution in [1.82, 2.24) is 15.3 Å². The van der Waals surface area contributed by atoms with Crippen molar-refractivity contribution in [3.63, 3.8) is 0 Å². The van der Waals surface area contributed by atoms with E-state index in [1.807, 2.05) is 43.3 Å². The molecule has 0 unspecified atom stereocenters. The number of ether oxygens (including phenoxy) is 4. The number of fused-ring (bicyclic) bond motifs is 1. The predicted molar refractivity (Wildman–Crippen MR) is 191 cm³/mol. The van der Waals surface area contributed by atoms with Crippen molar-refractivity contribution in [2.45, 2.75) is 46.3 Å². The van der Waals surface area contributed by atoms with Gasteiger partial charge in [0.1, 0.15) is 41.8 Å². The fourth-order valence-electron chi connectivity index (χ4n) is 5.46. The smallest absolute Gasteiger partial charge is 0.141 e. The lowest BCUT2D eigenvalue weighted by atomic mass is 10.1. The second kappa shape index (κ2) is 17.0. The molecular formula is C38H43ClN4O5. The zero-order valence-electron chi connectivity index (χ0n) is 27.9. The summed E-state index contributed by atoms with van der Waals surface area (Å²) in [6.07, 6.45) is 3.91. The van der Waals surface area contributed by atoms with Crippen molar-refractivity contribution >= 4 is 34.0 Å². The number of anilines is 2. The summed E-state index contributed by atoms with van der Waals surface area (Å²) in [6.45, 7) is 6.81. The van der Waals surface area contributed by atoms with Crippen LogP contribution in [0.1, 0.15) is 41.2 Å². The molecule has 0 atom stereocenters. The number of methoxy groups -OCH3 is 2. The summed E-state index contributed by atoms with van der Waals surface area (Å²) in [5, 5.41) is 18.8. The molecule has 1 heterocycles. The maximum atomic E-state index is 10.5. The van der Waals surface area contributed by atoms with E-state index in [-0.39, 0.29) is 5.75 Å². The molecule has 0 bridgehead atoms. The number of aromatic hydroxyl groups is 1. The third kappa shape index (κ3) is 9.07. The first-order valence-electron chi connectivity index (χ1n) is 16.1. The third-order valence-corrected chi connectivity index (χ3v) is 8.35. The highest BCUT2D eigenvalue weighted by molar-refractivity contribution is 6.30. The van der Waals surface area contributed by atoms with E-state index >= 15 is 0 Å². The number of aromatic nitrogens is 2. The summed E-state index contributed by atoms with van der Waals surface area (Å²) in [7, 11) is 3.29. The summed E-state index contributed by atoms with van der Waals surface area (Å²) in [5.74, 6) is 2.88. The van der Waals surface area contributed by atoms with E-state index in [2.05, 4.69) is 51.8 Å². The summed E-state index contributed by atoms with van der Waals surface area (Å²) in [4.78, 5) is 8.86. The number of nitrogens with one attached hydrogen (secondary N) is 2. The quantitative estimate of drug-likeness (QED) is 0.0850. The van der Waals surface area contributed by atoms with Gasteiger partial charge in [-0.25, -0.2) is 9.97 Å². The maximum Gasteiger partial charge on any atom is 0.141 e. The van der Waals surface area contributed by atoms with Gasteiger partial charge in [0, 0.05) is 34.8 Å². The van der Waals surface area contributed by atoms with Gasteiger partial charge in [0.05, 0.1) is 38.5 Å². The second-order valence-electron chi connectivity index (χ2n) is 11.5. The lowest BCUT2D eigenvalue weighted by Gasteiger charge is -2.17. The summed E-state index contributed by atoms with van der Waals surface area (Å²) >= 11 is 6.39. The van der Waals surface area contributed by atoms with Crippen LogP contribution < -0.4 is 24.8 Å². The number of benzene rings is 4. The molecule has 0 saturated carbocycles. The Morgan fingerprint density at radius 3 is 2.38 bits per heavy atom. The Hall–Kier alpha value is -4.57. The Labute approximate surface area is 287 Å². The van der Waals surface area contributed by atoms with Crippen molar-refractivity contribution in [2.75, 3.05) is 39.3 Å². The maximum absolute atomic E-state index is 10.5. The van der Waals surface area contributed by atoms with Gasteiger partial charge in [0.15, 0.2) is 0 Å². The molecule has 48 heavy (non-hydrogen) atoms. The van der Waals surface area contributed by atoms with Gasteiger partial charge in [-0.2, -0.15) is 0 Å². The number of aryl methyl sites for hydroxylation is 3. The van der Waals surface area contributed by atoms with E-state index in [0.29, 0.717) is 60.9 Å². The van der Waals surface area contributed by atoms with Gasteiger partial charge in [-0.3, -0.25) is 0 Å². The highest BCUT2D eigenvalue weighted by atomic mass is 35.5. The van der Waals surface area contributed by atoms with Crippen LogP contribution in [0, 0.1) is 6.92 Å². The van der Waals surface area contributed by atoms with Gasteiger partial charge in [0.25, 0.3) is 0 Å². The first-order chi connectivity index (χ1) is 23.4. The Bertz CT molecular complexity index is 1790. The fourth-order valence-corrected chi connectivity index (χ4v) is 5.63. The number of hydrogen-bond donors (Lipinski definition) is 3. The van der Waals surface area contributed by atoms with Gasteiger partial charge in [-0.1, -0.05) is 54.4 Å². The highest BCUT2D eigenvalue weighted by Crippen LogP contribution is 2.35. The standard InChI is InChI=1S/C38H43ClN4O5/c1-5-27-17-34-31(21-35(27)44)38(42-24-41-34)43-33-18-29(39)13-12-28(33)7-6-14-40-22-32-36(45-3)19-30(20-37(32)46-4)48-16-15-47-23-26-10-8-25(2)9-11-26/h8-13,17-21,24,40,44H,5-7,14-16,22-23H2,1-4H3,(H,41,42,43). The molecule has 10 heteroatoms. The Morgan fingerprint density at radius 2 is 1.65 bits per heavy atom.